The van der Waals surface area contributed by atoms with Crippen LogP contribution < -0.4 is 4.74 Å². The first-order valence-corrected chi connectivity index (χ1v) is 12.1. The van der Waals surface area contributed by atoms with E-state index in [-0.39, 0.29) is 29.4 Å². The molecule has 0 atom stereocenters. The van der Waals surface area contributed by atoms with Gasteiger partial charge in [-0.25, -0.2) is 17.6 Å². The van der Waals surface area contributed by atoms with Gasteiger partial charge >= 0.3 is 0 Å². The van der Waals surface area contributed by atoms with Gasteiger partial charge in [0.05, 0.1) is 6.61 Å². The van der Waals surface area contributed by atoms with Gasteiger partial charge in [0.2, 0.25) is 5.82 Å². The van der Waals surface area contributed by atoms with Crippen molar-refractivity contribution in [3.63, 3.8) is 0 Å². The minimum absolute atomic E-state index is 0.000985. The third-order valence-electron chi connectivity index (χ3n) is 7.10. The molecule has 1 saturated carbocycles. The van der Waals surface area contributed by atoms with Crippen molar-refractivity contribution in [2.24, 2.45) is 5.92 Å². The monoisotopic (exact) mass is 488 g/mol. The van der Waals surface area contributed by atoms with Gasteiger partial charge in [0, 0.05) is 11.1 Å². The van der Waals surface area contributed by atoms with Crippen LogP contribution in [0.3, 0.4) is 0 Å². The Morgan fingerprint density at radius 2 is 1.49 bits per heavy atom. The van der Waals surface area contributed by atoms with E-state index in [1.54, 1.807) is 32.0 Å². The van der Waals surface area contributed by atoms with Crippen LogP contribution in [-0.4, -0.2) is 6.61 Å². The molecular formula is C29H29F5O. The lowest BCUT2D eigenvalue weighted by Gasteiger charge is -2.29. The minimum atomic E-state index is -1.13. The second kappa shape index (κ2) is 10.8. The lowest BCUT2D eigenvalue weighted by atomic mass is 9.76. The molecule has 0 saturated heterocycles. The SMILES string of the molecule is CCOc1ccc(-c2ccc(CCC3CCC(c4ccc(C)c(F)c4F)CC3)cc2F)c(F)c1F. The summed E-state index contributed by atoms with van der Waals surface area (Å²) in [5.74, 6) is -4.12. The summed E-state index contributed by atoms with van der Waals surface area (Å²) in [4.78, 5) is 0. The average molecular weight is 489 g/mol. The van der Waals surface area contributed by atoms with E-state index in [0.717, 1.165) is 37.7 Å². The van der Waals surface area contributed by atoms with E-state index in [1.807, 2.05) is 0 Å². The number of ether oxygens (including phenoxy) is 1. The van der Waals surface area contributed by atoms with Crippen molar-refractivity contribution in [2.75, 3.05) is 6.61 Å². The molecule has 1 aliphatic rings. The summed E-state index contributed by atoms with van der Waals surface area (Å²) in [7, 11) is 0. The van der Waals surface area contributed by atoms with Crippen LogP contribution >= 0.6 is 0 Å². The standard InChI is InChI=1S/C29H29F5O/c1-3-35-25-15-14-23(28(33)29(25)34)22-13-9-19(16-24(22)30)6-5-18-7-10-20(11-8-18)21-12-4-17(2)26(31)27(21)32/h4,9,12-16,18,20H,3,5-8,10-11H2,1-2H3. The molecule has 1 fully saturated rings. The van der Waals surface area contributed by atoms with Gasteiger partial charge in [0.15, 0.2) is 23.2 Å². The summed E-state index contributed by atoms with van der Waals surface area (Å²) in [6.07, 6.45) is 4.88. The number of halogens is 5. The molecule has 4 rings (SSSR count). The number of hydrogen-bond acceptors (Lipinski definition) is 1. The Balaban J connectivity index is 1.37. The van der Waals surface area contributed by atoms with Crippen molar-refractivity contribution >= 4 is 0 Å². The van der Waals surface area contributed by atoms with Crippen molar-refractivity contribution in [1.29, 1.82) is 0 Å². The fourth-order valence-corrected chi connectivity index (χ4v) is 5.05. The van der Waals surface area contributed by atoms with Crippen molar-refractivity contribution in [2.45, 2.75) is 58.3 Å². The van der Waals surface area contributed by atoms with Gasteiger partial charge in [-0.2, -0.15) is 4.39 Å². The second-order valence-corrected chi connectivity index (χ2v) is 9.34. The highest BCUT2D eigenvalue weighted by atomic mass is 19.2. The van der Waals surface area contributed by atoms with Gasteiger partial charge in [-0.15, -0.1) is 0 Å². The van der Waals surface area contributed by atoms with Gasteiger partial charge in [-0.1, -0.05) is 24.3 Å². The summed E-state index contributed by atoms with van der Waals surface area (Å²) in [5, 5.41) is 0. The van der Waals surface area contributed by atoms with Gasteiger partial charge in [-0.3, -0.25) is 0 Å². The fraction of sp³-hybridized carbons (Fsp3) is 0.379. The van der Waals surface area contributed by atoms with E-state index in [1.165, 1.54) is 24.3 Å². The molecule has 35 heavy (non-hydrogen) atoms. The highest BCUT2D eigenvalue weighted by Gasteiger charge is 2.26. The molecule has 0 heterocycles. The van der Waals surface area contributed by atoms with E-state index in [0.29, 0.717) is 23.5 Å². The average Bonchev–Trinajstić information content (AvgIpc) is 2.85. The Bertz CT molecular complexity index is 1200. The summed E-state index contributed by atoms with van der Waals surface area (Å²) >= 11 is 0. The third kappa shape index (κ3) is 5.36. The van der Waals surface area contributed by atoms with Crippen molar-refractivity contribution in [1.82, 2.24) is 0 Å². The lowest BCUT2D eigenvalue weighted by molar-refractivity contribution is 0.304. The van der Waals surface area contributed by atoms with Crippen molar-refractivity contribution in [3.8, 4) is 16.9 Å². The lowest BCUT2D eigenvalue weighted by Crippen LogP contribution is -2.15. The maximum atomic E-state index is 14.8. The van der Waals surface area contributed by atoms with E-state index in [4.69, 9.17) is 4.74 Å². The maximum absolute atomic E-state index is 14.8. The number of aryl methyl sites for hydroxylation is 2. The molecule has 1 nitrogen and oxygen atoms in total. The number of hydrogen-bond donors (Lipinski definition) is 0. The summed E-state index contributed by atoms with van der Waals surface area (Å²) in [6.45, 7) is 3.42. The van der Waals surface area contributed by atoms with Gasteiger partial charge < -0.3 is 4.74 Å². The zero-order chi connectivity index (χ0) is 25.1. The molecule has 3 aromatic carbocycles. The molecule has 0 amide bonds. The van der Waals surface area contributed by atoms with Crippen LogP contribution in [0.1, 0.15) is 61.6 Å². The largest absolute Gasteiger partial charge is 0.491 e. The first-order valence-electron chi connectivity index (χ1n) is 12.1. The zero-order valence-corrected chi connectivity index (χ0v) is 19.9. The Labute approximate surface area is 202 Å². The quantitative estimate of drug-likeness (QED) is 0.302. The fourth-order valence-electron chi connectivity index (χ4n) is 5.05. The van der Waals surface area contributed by atoms with Gasteiger partial charge in [0.1, 0.15) is 5.82 Å². The second-order valence-electron chi connectivity index (χ2n) is 9.34. The van der Waals surface area contributed by atoms with Crippen LogP contribution in [0.5, 0.6) is 5.75 Å². The maximum Gasteiger partial charge on any atom is 0.201 e. The van der Waals surface area contributed by atoms with Crippen LogP contribution in [-0.2, 0) is 6.42 Å². The Kier molecular flexibility index (Phi) is 7.78. The number of benzene rings is 3. The molecule has 6 heteroatoms. The van der Waals surface area contributed by atoms with Gasteiger partial charge in [-0.05, 0) is 99.1 Å². The molecule has 0 N–H and O–H groups in total. The summed E-state index contributed by atoms with van der Waals surface area (Å²) in [6, 6.07) is 10.5. The summed E-state index contributed by atoms with van der Waals surface area (Å²) < 4.78 is 76.9. The smallest absolute Gasteiger partial charge is 0.201 e. The molecule has 0 aliphatic heterocycles. The topological polar surface area (TPSA) is 9.23 Å². The first kappa shape index (κ1) is 25.2. The molecule has 0 bridgehead atoms. The molecule has 3 aromatic rings. The van der Waals surface area contributed by atoms with Crippen LogP contribution in [0.25, 0.3) is 11.1 Å². The van der Waals surface area contributed by atoms with E-state index >= 15 is 0 Å². The highest BCUT2D eigenvalue weighted by Crippen LogP contribution is 2.39. The minimum Gasteiger partial charge on any atom is -0.491 e. The predicted molar refractivity (Wildman–Crippen MR) is 127 cm³/mol. The Hall–Kier alpha value is -2.89. The molecule has 186 valence electrons. The third-order valence-corrected chi connectivity index (χ3v) is 7.10. The normalized spacial score (nSPS) is 18.0. The van der Waals surface area contributed by atoms with Crippen molar-refractivity contribution in [3.05, 3.63) is 88.2 Å². The van der Waals surface area contributed by atoms with Crippen LogP contribution in [0.15, 0.2) is 42.5 Å². The highest BCUT2D eigenvalue weighted by molar-refractivity contribution is 5.66. The Morgan fingerprint density at radius 1 is 0.771 bits per heavy atom. The van der Waals surface area contributed by atoms with Crippen LogP contribution in [0.2, 0.25) is 0 Å². The van der Waals surface area contributed by atoms with E-state index in [2.05, 4.69) is 0 Å². The van der Waals surface area contributed by atoms with Crippen LogP contribution in [0, 0.1) is 41.9 Å². The zero-order valence-electron chi connectivity index (χ0n) is 19.9. The molecule has 1 aliphatic carbocycles. The van der Waals surface area contributed by atoms with Crippen LogP contribution in [0.4, 0.5) is 22.0 Å². The molecule has 0 radical (unpaired) electrons. The van der Waals surface area contributed by atoms with Gasteiger partial charge in [0.25, 0.3) is 0 Å². The summed E-state index contributed by atoms with van der Waals surface area (Å²) in [5.41, 5.74) is 1.41. The Morgan fingerprint density at radius 3 is 2.17 bits per heavy atom. The predicted octanol–water partition coefficient (Wildman–Crippen LogP) is 8.66. The molecule has 0 aromatic heterocycles. The first-order chi connectivity index (χ1) is 16.8. The molecule has 0 spiro atoms. The number of rotatable bonds is 7. The van der Waals surface area contributed by atoms with E-state index < -0.39 is 29.1 Å². The van der Waals surface area contributed by atoms with E-state index in [9.17, 15) is 22.0 Å². The molecular weight excluding hydrogens is 459 g/mol. The molecule has 0 unspecified atom stereocenters. The van der Waals surface area contributed by atoms with Crippen molar-refractivity contribution < 1.29 is 26.7 Å².